The molecule has 0 saturated carbocycles. The van der Waals surface area contributed by atoms with Gasteiger partial charge in [-0.2, -0.15) is 4.37 Å². The normalized spacial score (nSPS) is 15.5. The van der Waals surface area contributed by atoms with Gasteiger partial charge in [0.15, 0.2) is 0 Å². The summed E-state index contributed by atoms with van der Waals surface area (Å²) < 4.78 is 4.30. The van der Waals surface area contributed by atoms with E-state index in [9.17, 15) is 4.79 Å². The molecule has 0 radical (unpaired) electrons. The first-order valence-electron chi connectivity index (χ1n) is 8.38. The highest BCUT2D eigenvalue weighted by atomic mass is 32.1. The summed E-state index contributed by atoms with van der Waals surface area (Å²) in [6, 6.07) is 10.6. The molecule has 1 amide bonds. The predicted molar refractivity (Wildman–Crippen MR) is 98.9 cm³/mol. The molecule has 0 bridgehead atoms. The molecule has 2 heterocycles. The molecule has 0 unspecified atom stereocenters. The first kappa shape index (κ1) is 16.9. The SMILES string of the molecule is CNc1snc(C)c1C(=O)N1CCN(CCc2ccccc2)CC1. The zero-order chi connectivity index (χ0) is 16.9. The van der Waals surface area contributed by atoms with Crippen LogP contribution in [0.15, 0.2) is 30.3 Å². The van der Waals surface area contributed by atoms with Gasteiger partial charge in [-0.15, -0.1) is 0 Å². The smallest absolute Gasteiger partial charge is 0.258 e. The summed E-state index contributed by atoms with van der Waals surface area (Å²) in [5.74, 6) is 0.105. The van der Waals surface area contributed by atoms with Gasteiger partial charge < -0.3 is 10.2 Å². The molecule has 1 aromatic heterocycles. The number of piperazine rings is 1. The van der Waals surface area contributed by atoms with Gasteiger partial charge in [0.1, 0.15) is 5.00 Å². The van der Waals surface area contributed by atoms with Crippen LogP contribution >= 0.6 is 11.5 Å². The van der Waals surface area contributed by atoms with E-state index in [1.165, 1.54) is 17.1 Å². The van der Waals surface area contributed by atoms with Crippen LogP contribution in [0.25, 0.3) is 0 Å². The van der Waals surface area contributed by atoms with Gasteiger partial charge in [0.05, 0.1) is 11.3 Å². The Kier molecular flexibility index (Phi) is 5.48. The molecule has 1 aliphatic heterocycles. The van der Waals surface area contributed by atoms with Crippen LogP contribution in [0, 0.1) is 6.92 Å². The van der Waals surface area contributed by atoms with E-state index in [4.69, 9.17) is 0 Å². The lowest BCUT2D eigenvalue weighted by atomic mass is 10.1. The molecule has 0 aliphatic carbocycles. The Bertz CT molecular complexity index is 678. The molecule has 24 heavy (non-hydrogen) atoms. The Morgan fingerprint density at radius 3 is 2.58 bits per heavy atom. The molecular formula is C18H24N4OS. The molecule has 1 aliphatic rings. The predicted octanol–water partition coefficient (Wildman–Crippen LogP) is 2.49. The van der Waals surface area contributed by atoms with Gasteiger partial charge in [-0.05, 0) is 30.4 Å². The summed E-state index contributed by atoms with van der Waals surface area (Å²) in [5, 5.41) is 3.95. The number of carbonyl (C=O) groups is 1. The van der Waals surface area contributed by atoms with Crippen LogP contribution in [0.3, 0.4) is 0 Å². The molecule has 128 valence electrons. The van der Waals surface area contributed by atoms with E-state index in [0.29, 0.717) is 0 Å². The van der Waals surface area contributed by atoms with Crippen molar-refractivity contribution in [3.05, 3.63) is 47.2 Å². The molecular weight excluding hydrogens is 320 g/mol. The van der Waals surface area contributed by atoms with E-state index in [1.54, 1.807) is 0 Å². The molecule has 1 fully saturated rings. The number of aryl methyl sites for hydroxylation is 1. The van der Waals surface area contributed by atoms with Gasteiger partial charge in [-0.1, -0.05) is 30.3 Å². The summed E-state index contributed by atoms with van der Waals surface area (Å²) >= 11 is 1.36. The molecule has 1 aromatic carbocycles. The van der Waals surface area contributed by atoms with Gasteiger partial charge in [-0.25, -0.2) is 0 Å². The standard InChI is InChI=1S/C18H24N4OS/c1-14-16(17(19-2)24-20-14)18(23)22-12-10-21(11-13-22)9-8-15-6-4-3-5-7-15/h3-7,19H,8-13H2,1-2H3. The van der Waals surface area contributed by atoms with Crippen LogP contribution < -0.4 is 5.32 Å². The van der Waals surface area contributed by atoms with Crippen LogP contribution in [0.4, 0.5) is 5.00 Å². The van der Waals surface area contributed by atoms with E-state index >= 15 is 0 Å². The van der Waals surface area contributed by atoms with Crippen molar-refractivity contribution in [2.24, 2.45) is 0 Å². The van der Waals surface area contributed by atoms with E-state index in [-0.39, 0.29) is 5.91 Å². The summed E-state index contributed by atoms with van der Waals surface area (Å²) in [6.07, 6.45) is 1.06. The summed E-state index contributed by atoms with van der Waals surface area (Å²) in [6.45, 7) is 6.39. The lowest BCUT2D eigenvalue weighted by Crippen LogP contribution is -2.49. The van der Waals surface area contributed by atoms with Gasteiger partial charge in [0.2, 0.25) is 0 Å². The molecule has 5 nitrogen and oxygen atoms in total. The van der Waals surface area contributed by atoms with E-state index in [2.05, 4.69) is 44.9 Å². The minimum Gasteiger partial charge on any atom is -0.378 e. The van der Waals surface area contributed by atoms with Crippen LogP contribution in [0.5, 0.6) is 0 Å². The second kappa shape index (κ2) is 7.77. The number of amides is 1. The maximum atomic E-state index is 12.8. The topological polar surface area (TPSA) is 48.5 Å². The molecule has 3 rings (SSSR count). The van der Waals surface area contributed by atoms with Crippen molar-refractivity contribution < 1.29 is 4.79 Å². The number of hydrogen-bond donors (Lipinski definition) is 1. The third-order valence-corrected chi connectivity index (χ3v) is 5.48. The third-order valence-electron chi connectivity index (χ3n) is 4.52. The van der Waals surface area contributed by atoms with Crippen molar-refractivity contribution in [2.45, 2.75) is 13.3 Å². The zero-order valence-electron chi connectivity index (χ0n) is 14.3. The number of nitrogens with zero attached hydrogens (tertiary/aromatic N) is 3. The molecule has 0 spiro atoms. The highest BCUT2D eigenvalue weighted by molar-refractivity contribution is 7.10. The molecule has 2 aromatic rings. The number of carbonyl (C=O) groups excluding carboxylic acids is 1. The Morgan fingerprint density at radius 1 is 1.21 bits per heavy atom. The molecule has 1 saturated heterocycles. The Morgan fingerprint density at radius 2 is 1.92 bits per heavy atom. The Hall–Kier alpha value is -1.92. The average Bonchev–Trinajstić information content (AvgIpc) is 3.01. The monoisotopic (exact) mass is 344 g/mol. The van der Waals surface area contributed by atoms with Crippen molar-refractivity contribution >= 4 is 22.4 Å². The van der Waals surface area contributed by atoms with Crippen molar-refractivity contribution in [3.63, 3.8) is 0 Å². The van der Waals surface area contributed by atoms with Gasteiger partial charge in [-0.3, -0.25) is 9.69 Å². The van der Waals surface area contributed by atoms with Crippen molar-refractivity contribution in [2.75, 3.05) is 45.1 Å². The number of hydrogen-bond acceptors (Lipinski definition) is 5. The van der Waals surface area contributed by atoms with Crippen LogP contribution in [-0.2, 0) is 6.42 Å². The second-order valence-electron chi connectivity index (χ2n) is 6.09. The number of nitrogens with one attached hydrogen (secondary N) is 1. The summed E-state index contributed by atoms with van der Waals surface area (Å²) in [4.78, 5) is 17.2. The first-order valence-corrected chi connectivity index (χ1v) is 9.16. The molecule has 0 atom stereocenters. The number of rotatable bonds is 5. The molecule has 1 N–H and O–H groups in total. The number of benzene rings is 1. The fourth-order valence-electron chi connectivity index (χ4n) is 3.06. The number of aromatic nitrogens is 1. The van der Waals surface area contributed by atoms with E-state index in [0.717, 1.165) is 55.4 Å². The summed E-state index contributed by atoms with van der Waals surface area (Å²) in [7, 11) is 1.84. The van der Waals surface area contributed by atoms with E-state index in [1.807, 2.05) is 18.9 Å². The van der Waals surface area contributed by atoms with E-state index < -0.39 is 0 Å². The van der Waals surface area contributed by atoms with Crippen molar-refractivity contribution in [1.29, 1.82) is 0 Å². The van der Waals surface area contributed by atoms with Gasteiger partial charge in [0.25, 0.3) is 5.91 Å². The minimum absolute atomic E-state index is 0.105. The quantitative estimate of drug-likeness (QED) is 0.905. The minimum atomic E-state index is 0.105. The molecule has 6 heteroatoms. The summed E-state index contributed by atoms with van der Waals surface area (Å²) in [5.41, 5.74) is 2.93. The lowest BCUT2D eigenvalue weighted by molar-refractivity contribution is 0.0639. The van der Waals surface area contributed by atoms with Crippen molar-refractivity contribution in [3.8, 4) is 0 Å². The second-order valence-corrected chi connectivity index (χ2v) is 6.86. The highest BCUT2D eigenvalue weighted by Gasteiger charge is 2.26. The largest absolute Gasteiger partial charge is 0.378 e. The van der Waals surface area contributed by atoms with Crippen LogP contribution in [0.2, 0.25) is 0 Å². The van der Waals surface area contributed by atoms with Crippen molar-refractivity contribution in [1.82, 2.24) is 14.2 Å². The Labute approximate surface area is 147 Å². The maximum Gasteiger partial charge on any atom is 0.258 e. The van der Waals surface area contributed by atoms with Gasteiger partial charge in [0, 0.05) is 39.8 Å². The highest BCUT2D eigenvalue weighted by Crippen LogP contribution is 2.25. The van der Waals surface area contributed by atoms with Crippen LogP contribution in [-0.4, -0.2) is 59.9 Å². The fraction of sp³-hybridized carbons (Fsp3) is 0.444. The first-order chi connectivity index (χ1) is 11.7. The zero-order valence-corrected chi connectivity index (χ0v) is 15.1. The Balaban J connectivity index is 1.53. The fourth-order valence-corrected chi connectivity index (χ4v) is 3.79. The third kappa shape index (κ3) is 3.76. The van der Waals surface area contributed by atoms with Gasteiger partial charge >= 0.3 is 0 Å². The maximum absolute atomic E-state index is 12.8. The number of anilines is 1. The van der Waals surface area contributed by atoms with Crippen LogP contribution in [0.1, 0.15) is 21.6 Å². The lowest BCUT2D eigenvalue weighted by Gasteiger charge is -2.34. The average molecular weight is 344 g/mol.